The van der Waals surface area contributed by atoms with E-state index in [4.69, 9.17) is 4.74 Å². The van der Waals surface area contributed by atoms with E-state index in [0.717, 1.165) is 24.3 Å². The molecule has 2 heterocycles. The lowest BCUT2D eigenvalue weighted by Gasteiger charge is -2.15. The number of anilines is 2. The van der Waals surface area contributed by atoms with Gasteiger partial charge in [-0.3, -0.25) is 9.78 Å². The van der Waals surface area contributed by atoms with Crippen molar-refractivity contribution in [3.8, 4) is 17.2 Å². The Morgan fingerprint density at radius 3 is 2.38 bits per heavy atom. The molecule has 4 aromatic rings. The number of nitrogens with one attached hydrogen (secondary N) is 3. The highest BCUT2D eigenvalue weighted by atomic mass is 19.4. The van der Waals surface area contributed by atoms with Crippen molar-refractivity contribution in [3.05, 3.63) is 90.3 Å². The largest absolute Gasteiger partial charge is 0.457 e. The zero-order chi connectivity index (χ0) is 26.6. The number of hydrogen-bond donors (Lipinski definition) is 3. The molecule has 3 amide bonds. The van der Waals surface area contributed by atoms with Crippen molar-refractivity contribution in [2.75, 3.05) is 17.7 Å². The quantitative estimate of drug-likeness (QED) is 0.306. The molecule has 0 aliphatic heterocycles. The Bertz CT molecular complexity index is 1440. The van der Waals surface area contributed by atoms with E-state index in [9.17, 15) is 27.2 Å². The molecule has 0 radical (unpaired) electrons. The summed E-state index contributed by atoms with van der Waals surface area (Å²) in [5.74, 6) is -1.01. The molecule has 3 N–H and O–H groups in total. The smallest absolute Gasteiger partial charge is 0.416 e. The second kappa shape index (κ2) is 10.4. The molecule has 2 aromatic heterocycles. The summed E-state index contributed by atoms with van der Waals surface area (Å²) in [5.41, 5.74) is -1.16. The van der Waals surface area contributed by atoms with Crippen LogP contribution < -0.4 is 20.7 Å². The maximum atomic E-state index is 14.7. The fourth-order valence-electron chi connectivity index (χ4n) is 3.22. The van der Waals surface area contributed by atoms with Gasteiger partial charge in [0.15, 0.2) is 0 Å². The van der Waals surface area contributed by atoms with Crippen LogP contribution in [0, 0.1) is 5.82 Å². The Morgan fingerprint density at radius 2 is 1.70 bits per heavy atom. The van der Waals surface area contributed by atoms with Crippen LogP contribution in [0.3, 0.4) is 0 Å². The van der Waals surface area contributed by atoms with E-state index in [1.807, 2.05) is 0 Å². The average molecular weight is 514 g/mol. The highest BCUT2D eigenvalue weighted by Crippen LogP contribution is 2.33. The molecule has 0 atom stereocenters. The maximum absolute atomic E-state index is 14.7. The topological polar surface area (TPSA) is 110 Å². The first kappa shape index (κ1) is 25.2. The van der Waals surface area contributed by atoms with Gasteiger partial charge in [-0.1, -0.05) is 0 Å². The van der Waals surface area contributed by atoms with Gasteiger partial charge in [-0.05, 0) is 42.5 Å². The molecule has 0 fully saturated rings. The van der Waals surface area contributed by atoms with Gasteiger partial charge in [0.05, 0.1) is 22.6 Å². The fourth-order valence-corrected chi connectivity index (χ4v) is 3.22. The molecule has 0 unspecified atom stereocenters. The molecule has 190 valence electrons. The van der Waals surface area contributed by atoms with Crippen molar-refractivity contribution in [3.63, 3.8) is 0 Å². The van der Waals surface area contributed by atoms with Crippen LogP contribution in [0.4, 0.5) is 33.7 Å². The van der Waals surface area contributed by atoms with Crippen LogP contribution in [0.2, 0.25) is 0 Å². The van der Waals surface area contributed by atoms with E-state index < -0.39 is 29.5 Å². The molecule has 13 heteroatoms. The summed E-state index contributed by atoms with van der Waals surface area (Å²) in [6, 6.07) is 9.76. The third-order valence-corrected chi connectivity index (χ3v) is 4.94. The van der Waals surface area contributed by atoms with Gasteiger partial charge in [0.25, 0.3) is 5.91 Å². The van der Waals surface area contributed by atoms with Crippen LogP contribution in [0.15, 0.2) is 73.2 Å². The van der Waals surface area contributed by atoms with E-state index in [1.54, 1.807) is 6.07 Å². The van der Waals surface area contributed by atoms with E-state index in [1.165, 1.54) is 54.6 Å². The zero-order valence-corrected chi connectivity index (χ0v) is 19.0. The lowest BCUT2D eigenvalue weighted by atomic mass is 10.1. The van der Waals surface area contributed by atoms with Crippen molar-refractivity contribution in [2.45, 2.75) is 6.18 Å². The van der Waals surface area contributed by atoms with Crippen LogP contribution in [0.25, 0.3) is 5.69 Å². The minimum Gasteiger partial charge on any atom is -0.457 e. The number of hydrogen-bond acceptors (Lipinski definition) is 5. The van der Waals surface area contributed by atoms with Gasteiger partial charge < -0.3 is 20.7 Å². The summed E-state index contributed by atoms with van der Waals surface area (Å²) in [5, 5.41) is 11.0. The molecule has 0 bridgehead atoms. The second-order valence-electron chi connectivity index (χ2n) is 7.46. The summed E-state index contributed by atoms with van der Waals surface area (Å²) in [7, 11) is 1.44. The Hall–Kier alpha value is -4.94. The molecule has 0 saturated carbocycles. The molecule has 37 heavy (non-hydrogen) atoms. The second-order valence-corrected chi connectivity index (χ2v) is 7.46. The molecular formula is C24H18F4N6O3. The van der Waals surface area contributed by atoms with E-state index in [-0.39, 0.29) is 34.3 Å². The highest BCUT2D eigenvalue weighted by Gasteiger charge is 2.31. The summed E-state index contributed by atoms with van der Waals surface area (Å²) < 4.78 is 61.2. The van der Waals surface area contributed by atoms with Crippen LogP contribution in [0.5, 0.6) is 11.5 Å². The van der Waals surface area contributed by atoms with Crippen molar-refractivity contribution in [1.82, 2.24) is 20.1 Å². The average Bonchev–Trinajstić information content (AvgIpc) is 3.39. The summed E-state index contributed by atoms with van der Waals surface area (Å²) in [6.45, 7) is 0. The number of ether oxygens (including phenoxy) is 1. The van der Waals surface area contributed by atoms with Gasteiger partial charge in [-0.15, -0.1) is 0 Å². The first-order chi connectivity index (χ1) is 17.6. The summed E-state index contributed by atoms with van der Waals surface area (Å²) in [4.78, 5) is 28.2. The molecule has 4 rings (SSSR count). The first-order valence-electron chi connectivity index (χ1n) is 10.6. The molecular weight excluding hydrogens is 496 g/mol. The van der Waals surface area contributed by atoms with E-state index >= 15 is 0 Å². The van der Waals surface area contributed by atoms with Crippen LogP contribution in [0.1, 0.15) is 16.1 Å². The van der Waals surface area contributed by atoms with Gasteiger partial charge in [0.2, 0.25) is 0 Å². The predicted octanol–water partition coefficient (Wildman–Crippen LogP) is 5.22. The van der Waals surface area contributed by atoms with E-state index in [2.05, 4.69) is 26.0 Å². The summed E-state index contributed by atoms with van der Waals surface area (Å²) >= 11 is 0. The van der Waals surface area contributed by atoms with Gasteiger partial charge in [0.1, 0.15) is 23.0 Å². The number of aromatic nitrogens is 3. The third-order valence-electron chi connectivity index (χ3n) is 4.94. The summed E-state index contributed by atoms with van der Waals surface area (Å²) in [6.07, 6.45) is -0.383. The molecule has 0 aliphatic carbocycles. The fraction of sp³-hybridized carbons (Fsp3) is 0.0833. The normalized spacial score (nSPS) is 11.1. The number of halogens is 4. The van der Waals surface area contributed by atoms with Gasteiger partial charge >= 0.3 is 12.2 Å². The Morgan fingerprint density at radius 1 is 0.946 bits per heavy atom. The van der Waals surface area contributed by atoms with Gasteiger partial charge in [-0.2, -0.15) is 18.3 Å². The number of alkyl halides is 3. The zero-order valence-electron chi connectivity index (χ0n) is 19.0. The number of urea groups is 1. The monoisotopic (exact) mass is 514 g/mol. The van der Waals surface area contributed by atoms with Gasteiger partial charge in [0, 0.05) is 37.8 Å². The number of nitrogens with zero attached hydrogens (tertiary/aromatic N) is 3. The molecule has 9 nitrogen and oxygen atoms in total. The molecule has 0 aliphatic rings. The SMILES string of the molecule is CNC(=O)c1cc(Oc2ccc(NC(=O)Nc3cc(C(F)(F)F)ccc3-n3cccn3)c(F)c2)ccn1. The lowest BCUT2D eigenvalue weighted by Crippen LogP contribution is -2.21. The molecule has 2 aromatic carbocycles. The van der Waals surface area contributed by atoms with Crippen molar-refractivity contribution in [2.24, 2.45) is 0 Å². The number of carbonyl (C=O) groups is 2. The first-order valence-corrected chi connectivity index (χ1v) is 10.6. The van der Waals surface area contributed by atoms with Crippen molar-refractivity contribution < 1.29 is 31.9 Å². The number of amides is 3. The number of pyridine rings is 1. The Labute approximate surface area is 207 Å². The standard InChI is InChI=1S/C24H18F4N6O3/c1-29-22(35)20-13-16(7-9-30-20)37-15-4-5-18(17(25)12-15)32-23(36)33-19-11-14(24(26,27)28)3-6-21(19)34-10-2-8-31-34/h2-13H,1H3,(H,29,35)(H2,32,33,36). The maximum Gasteiger partial charge on any atom is 0.416 e. The Kier molecular flexibility index (Phi) is 7.04. The van der Waals surface area contributed by atoms with Crippen LogP contribution in [-0.4, -0.2) is 33.8 Å². The van der Waals surface area contributed by atoms with Crippen molar-refractivity contribution in [1.29, 1.82) is 0 Å². The van der Waals surface area contributed by atoms with Crippen LogP contribution in [-0.2, 0) is 6.18 Å². The number of rotatable bonds is 6. The number of benzene rings is 2. The lowest BCUT2D eigenvalue weighted by molar-refractivity contribution is -0.137. The molecule has 0 spiro atoms. The highest BCUT2D eigenvalue weighted by molar-refractivity contribution is 6.01. The predicted molar refractivity (Wildman–Crippen MR) is 125 cm³/mol. The van der Waals surface area contributed by atoms with Gasteiger partial charge in [-0.25, -0.2) is 13.9 Å². The molecule has 0 saturated heterocycles. The third kappa shape index (κ3) is 6.01. The Balaban J connectivity index is 1.50. The minimum absolute atomic E-state index is 0.0661. The number of carbonyl (C=O) groups excluding carboxylic acids is 2. The van der Waals surface area contributed by atoms with E-state index in [0.29, 0.717) is 0 Å². The van der Waals surface area contributed by atoms with Crippen LogP contribution >= 0.6 is 0 Å². The minimum atomic E-state index is -4.65. The van der Waals surface area contributed by atoms with Crippen molar-refractivity contribution >= 4 is 23.3 Å².